The van der Waals surface area contributed by atoms with E-state index in [0.29, 0.717) is 18.6 Å². The Labute approximate surface area is 114 Å². The minimum Gasteiger partial charge on any atom is -0.383 e. The molecule has 1 heterocycles. The molecule has 1 fully saturated rings. The smallest absolute Gasteiger partial charge is 0.0821 e. The monoisotopic (exact) mass is 271 g/mol. The Morgan fingerprint density at radius 2 is 2.28 bits per heavy atom. The van der Waals surface area contributed by atoms with Gasteiger partial charge in [0.15, 0.2) is 0 Å². The van der Waals surface area contributed by atoms with E-state index >= 15 is 0 Å². The van der Waals surface area contributed by atoms with Gasteiger partial charge in [-0.3, -0.25) is 4.68 Å². The van der Waals surface area contributed by atoms with Crippen LogP contribution in [0.4, 0.5) is 0 Å². The SMILES string of the molecule is CNC1CCCCC1c1c(Cl)cnn1CCOC. The third kappa shape index (κ3) is 2.87. The quantitative estimate of drug-likeness (QED) is 0.894. The van der Waals surface area contributed by atoms with Gasteiger partial charge in [0.05, 0.1) is 30.1 Å². The molecule has 1 aromatic heterocycles. The minimum atomic E-state index is 0.468. The van der Waals surface area contributed by atoms with E-state index in [9.17, 15) is 0 Å². The van der Waals surface area contributed by atoms with Gasteiger partial charge in [0.2, 0.25) is 0 Å². The molecular weight excluding hydrogens is 250 g/mol. The molecular formula is C13H22ClN3O. The van der Waals surface area contributed by atoms with E-state index in [0.717, 1.165) is 11.6 Å². The molecule has 0 saturated heterocycles. The Morgan fingerprint density at radius 1 is 1.50 bits per heavy atom. The summed E-state index contributed by atoms with van der Waals surface area (Å²) in [5.74, 6) is 0.468. The molecule has 1 aromatic rings. The number of aromatic nitrogens is 2. The van der Waals surface area contributed by atoms with Crippen molar-refractivity contribution in [1.29, 1.82) is 0 Å². The summed E-state index contributed by atoms with van der Waals surface area (Å²) in [4.78, 5) is 0. The summed E-state index contributed by atoms with van der Waals surface area (Å²) in [6.07, 6.45) is 6.73. The predicted molar refractivity (Wildman–Crippen MR) is 73.2 cm³/mol. The number of likely N-dealkylation sites (N-methyl/N-ethyl adjacent to an activating group) is 1. The Bertz CT molecular complexity index is 380. The first-order valence-electron chi connectivity index (χ1n) is 6.65. The number of methoxy groups -OCH3 is 1. The first kappa shape index (κ1) is 13.8. The van der Waals surface area contributed by atoms with Gasteiger partial charge in [-0.1, -0.05) is 24.4 Å². The fourth-order valence-electron chi connectivity index (χ4n) is 2.90. The predicted octanol–water partition coefficient (Wildman–Crippen LogP) is 2.43. The second-order valence-electron chi connectivity index (χ2n) is 4.88. The standard InChI is InChI=1S/C13H22ClN3O/c1-15-12-6-4-3-5-10(12)13-11(14)9-16-17(13)7-8-18-2/h9-10,12,15H,3-8H2,1-2H3. The number of rotatable bonds is 5. The molecule has 102 valence electrons. The first-order chi connectivity index (χ1) is 8.77. The molecule has 1 saturated carbocycles. The number of hydrogen-bond acceptors (Lipinski definition) is 3. The maximum absolute atomic E-state index is 6.33. The third-order valence-electron chi connectivity index (χ3n) is 3.83. The molecule has 4 nitrogen and oxygen atoms in total. The maximum atomic E-state index is 6.33. The van der Waals surface area contributed by atoms with Crippen LogP contribution in [0.3, 0.4) is 0 Å². The van der Waals surface area contributed by atoms with Gasteiger partial charge in [-0.05, 0) is 19.9 Å². The Morgan fingerprint density at radius 3 is 3.00 bits per heavy atom. The lowest BCUT2D eigenvalue weighted by Gasteiger charge is -2.32. The van der Waals surface area contributed by atoms with Crippen LogP contribution >= 0.6 is 11.6 Å². The van der Waals surface area contributed by atoms with Crippen molar-refractivity contribution in [3.8, 4) is 0 Å². The van der Waals surface area contributed by atoms with Crippen LogP contribution in [0.15, 0.2) is 6.20 Å². The summed E-state index contributed by atoms with van der Waals surface area (Å²) in [5.41, 5.74) is 1.17. The summed E-state index contributed by atoms with van der Waals surface area (Å²) in [5, 5.41) is 8.59. The summed E-state index contributed by atoms with van der Waals surface area (Å²) >= 11 is 6.33. The zero-order valence-electron chi connectivity index (χ0n) is 11.2. The van der Waals surface area contributed by atoms with Crippen molar-refractivity contribution < 1.29 is 4.74 Å². The van der Waals surface area contributed by atoms with Gasteiger partial charge in [0.1, 0.15) is 0 Å². The third-order valence-corrected chi connectivity index (χ3v) is 4.12. The molecule has 0 bridgehead atoms. The average molecular weight is 272 g/mol. The van der Waals surface area contributed by atoms with Gasteiger partial charge in [0, 0.05) is 19.1 Å². The van der Waals surface area contributed by atoms with Crippen molar-refractivity contribution >= 4 is 11.6 Å². The van der Waals surface area contributed by atoms with Gasteiger partial charge in [-0.15, -0.1) is 0 Å². The molecule has 5 heteroatoms. The van der Waals surface area contributed by atoms with Crippen molar-refractivity contribution in [3.63, 3.8) is 0 Å². The highest BCUT2D eigenvalue weighted by molar-refractivity contribution is 6.31. The van der Waals surface area contributed by atoms with Crippen LogP contribution in [-0.4, -0.2) is 36.6 Å². The number of halogens is 1. The maximum Gasteiger partial charge on any atom is 0.0821 e. The van der Waals surface area contributed by atoms with Crippen LogP contribution in [0.5, 0.6) is 0 Å². The molecule has 0 amide bonds. The number of nitrogens with zero attached hydrogens (tertiary/aromatic N) is 2. The fourth-order valence-corrected chi connectivity index (χ4v) is 3.18. The van der Waals surface area contributed by atoms with E-state index < -0.39 is 0 Å². The number of nitrogens with one attached hydrogen (secondary N) is 1. The summed E-state index contributed by atoms with van der Waals surface area (Å²) in [7, 11) is 3.74. The molecule has 18 heavy (non-hydrogen) atoms. The minimum absolute atomic E-state index is 0.468. The molecule has 0 aromatic carbocycles. The van der Waals surface area contributed by atoms with Gasteiger partial charge in [0.25, 0.3) is 0 Å². The molecule has 2 rings (SSSR count). The lowest BCUT2D eigenvalue weighted by Crippen LogP contribution is -2.36. The van der Waals surface area contributed by atoms with E-state index in [1.54, 1.807) is 13.3 Å². The van der Waals surface area contributed by atoms with Crippen LogP contribution in [0.25, 0.3) is 0 Å². The molecule has 2 atom stereocenters. The first-order valence-corrected chi connectivity index (χ1v) is 7.03. The van der Waals surface area contributed by atoms with E-state index in [-0.39, 0.29) is 0 Å². The van der Waals surface area contributed by atoms with E-state index in [2.05, 4.69) is 10.4 Å². The topological polar surface area (TPSA) is 39.1 Å². The second kappa shape index (κ2) is 6.55. The fraction of sp³-hybridized carbons (Fsp3) is 0.769. The lowest BCUT2D eigenvalue weighted by atomic mass is 9.82. The highest BCUT2D eigenvalue weighted by atomic mass is 35.5. The average Bonchev–Trinajstić information content (AvgIpc) is 2.77. The molecule has 1 aliphatic rings. The van der Waals surface area contributed by atoms with Crippen LogP contribution in [0.2, 0.25) is 5.02 Å². The molecule has 1 aliphatic carbocycles. The van der Waals surface area contributed by atoms with E-state index in [1.165, 1.54) is 31.4 Å². The summed E-state index contributed by atoms with van der Waals surface area (Å²) in [6.45, 7) is 1.44. The van der Waals surface area contributed by atoms with E-state index in [4.69, 9.17) is 16.3 Å². The van der Waals surface area contributed by atoms with Gasteiger partial charge in [-0.25, -0.2) is 0 Å². The van der Waals surface area contributed by atoms with Crippen LogP contribution in [0.1, 0.15) is 37.3 Å². The van der Waals surface area contributed by atoms with Crippen LogP contribution in [-0.2, 0) is 11.3 Å². The van der Waals surface area contributed by atoms with Crippen molar-refractivity contribution in [3.05, 3.63) is 16.9 Å². The summed E-state index contributed by atoms with van der Waals surface area (Å²) < 4.78 is 7.14. The number of ether oxygens (including phenoxy) is 1. The van der Waals surface area contributed by atoms with Gasteiger partial charge < -0.3 is 10.1 Å². The van der Waals surface area contributed by atoms with Gasteiger partial charge >= 0.3 is 0 Å². The van der Waals surface area contributed by atoms with Crippen molar-refractivity contribution in [2.45, 2.75) is 44.2 Å². The van der Waals surface area contributed by atoms with Crippen molar-refractivity contribution in [2.75, 3.05) is 20.8 Å². The van der Waals surface area contributed by atoms with Crippen LogP contribution in [0, 0.1) is 0 Å². The van der Waals surface area contributed by atoms with Gasteiger partial charge in [-0.2, -0.15) is 5.10 Å². The van der Waals surface area contributed by atoms with Crippen molar-refractivity contribution in [1.82, 2.24) is 15.1 Å². The van der Waals surface area contributed by atoms with E-state index in [1.807, 2.05) is 11.7 Å². The Balaban J connectivity index is 2.21. The Hall–Kier alpha value is -0.580. The largest absolute Gasteiger partial charge is 0.383 e. The molecule has 0 radical (unpaired) electrons. The molecule has 1 N–H and O–H groups in total. The molecule has 0 aliphatic heterocycles. The summed E-state index contributed by atoms with van der Waals surface area (Å²) in [6, 6.07) is 0.509. The zero-order chi connectivity index (χ0) is 13.0. The van der Waals surface area contributed by atoms with Crippen LogP contribution < -0.4 is 5.32 Å². The lowest BCUT2D eigenvalue weighted by molar-refractivity contribution is 0.180. The Kier molecular flexibility index (Phi) is 5.03. The highest BCUT2D eigenvalue weighted by Gasteiger charge is 2.29. The molecule has 0 spiro atoms. The highest BCUT2D eigenvalue weighted by Crippen LogP contribution is 2.36. The molecule has 2 unspecified atom stereocenters. The zero-order valence-corrected chi connectivity index (χ0v) is 11.9. The normalized spacial score (nSPS) is 24.4. The second-order valence-corrected chi connectivity index (χ2v) is 5.29. The van der Waals surface area contributed by atoms with Crippen molar-refractivity contribution in [2.24, 2.45) is 0 Å². The number of hydrogen-bond donors (Lipinski definition) is 1.